The lowest BCUT2D eigenvalue weighted by atomic mass is 10.00. The van der Waals surface area contributed by atoms with E-state index in [1.54, 1.807) is 24.3 Å². The van der Waals surface area contributed by atoms with Gasteiger partial charge in [-0.2, -0.15) is 0 Å². The molecule has 0 atom stereocenters. The third-order valence-corrected chi connectivity index (χ3v) is 3.98. The predicted octanol–water partition coefficient (Wildman–Crippen LogP) is 3.50. The van der Waals surface area contributed by atoms with Crippen molar-refractivity contribution in [2.45, 2.75) is 6.92 Å². The molecule has 0 spiro atoms. The van der Waals surface area contributed by atoms with Gasteiger partial charge in [0, 0.05) is 23.0 Å². The monoisotopic (exact) mass is 332 g/mol. The van der Waals surface area contributed by atoms with Crippen molar-refractivity contribution in [1.29, 1.82) is 0 Å². The molecule has 0 radical (unpaired) electrons. The Morgan fingerprint density at radius 1 is 1.16 bits per heavy atom. The average molecular weight is 332 g/mol. The van der Waals surface area contributed by atoms with Gasteiger partial charge in [0.05, 0.1) is 11.3 Å². The van der Waals surface area contributed by atoms with Crippen molar-refractivity contribution in [3.63, 3.8) is 0 Å². The zero-order chi connectivity index (χ0) is 17.4. The van der Waals surface area contributed by atoms with Crippen LogP contribution in [0.5, 0.6) is 0 Å². The highest BCUT2D eigenvalue weighted by atomic mass is 16.5. The van der Waals surface area contributed by atoms with Crippen molar-refractivity contribution < 1.29 is 9.32 Å². The lowest BCUT2D eigenvalue weighted by molar-refractivity contribution is -0.110. The molecule has 124 valence electrons. The Kier molecular flexibility index (Phi) is 3.50. The van der Waals surface area contributed by atoms with Gasteiger partial charge in [-0.1, -0.05) is 35.5 Å². The minimum absolute atomic E-state index is 0.188. The van der Waals surface area contributed by atoms with Gasteiger partial charge in [-0.05, 0) is 30.7 Å². The molecule has 0 unspecified atom stereocenters. The summed E-state index contributed by atoms with van der Waals surface area (Å²) in [6.07, 6.45) is 0. The standard InChI is InChI=1S/C19H16N4O2/c1-11-9-16(23-25-11)22-18(12-5-3-2-4-6-12)17-14-10-13(20)7-8-15(14)21-19(17)24/h2-10H,20H2,1H3,(H,21,24)(H,22,23)/b18-17-. The maximum atomic E-state index is 12.7. The Labute approximate surface area is 144 Å². The van der Waals surface area contributed by atoms with E-state index < -0.39 is 0 Å². The van der Waals surface area contributed by atoms with Gasteiger partial charge < -0.3 is 20.9 Å². The Bertz CT molecular complexity index is 990. The highest BCUT2D eigenvalue weighted by molar-refractivity contribution is 6.37. The van der Waals surface area contributed by atoms with Crippen LogP contribution in [-0.2, 0) is 4.79 Å². The van der Waals surface area contributed by atoms with Crippen LogP contribution in [0.4, 0.5) is 17.2 Å². The number of fused-ring (bicyclic) bond motifs is 1. The zero-order valence-corrected chi connectivity index (χ0v) is 13.5. The molecule has 0 aliphatic carbocycles. The lowest BCUT2D eigenvalue weighted by Gasteiger charge is -2.12. The van der Waals surface area contributed by atoms with Crippen LogP contribution < -0.4 is 16.4 Å². The van der Waals surface area contributed by atoms with E-state index in [0.717, 1.165) is 16.8 Å². The van der Waals surface area contributed by atoms with E-state index in [0.29, 0.717) is 28.5 Å². The van der Waals surface area contributed by atoms with Gasteiger partial charge in [-0.15, -0.1) is 0 Å². The van der Waals surface area contributed by atoms with Crippen LogP contribution in [0.2, 0.25) is 0 Å². The quantitative estimate of drug-likeness (QED) is 0.504. The topological polar surface area (TPSA) is 93.2 Å². The first-order valence-electron chi connectivity index (χ1n) is 7.83. The summed E-state index contributed by atoms with van der Waals surface area (Å²) in [5.41, 5.74) is 10.1. The van der Waals surface area contributed by atoms with Crippen LogP contribution in [0.1, 0.15) is 16.9 Å². The summed E-state index contributed by atoms with van der Waals surface area (Å²) < 4.78 is 5.12. The number of carbonyl (C=O) groups is 1. The van der Waals surface area contributed by atoms with Gasteiger partial charge >= 0.3 is 0 Å². The van der Waals surface area contributed by atoms with Gasteiger partial charge in [0.15, 0.2) is 5.82 Å². The van der Waals surface area contributed by atoms with Crippen LogP contribution in [0.25, 0.3) is 11.3 Å². The first-order chi connectivity index (χ1) is 12.1. The number of aromatic nitrogens is 1. The summed E-state index contributed by atoms with van der Waals surface area (Å²) in [7, 11) is 0. The number of hydrogen-bond acceptors (Lipinski definition) is 5. The van der Waals surface area contributed by atoms with Crippen LogP contribution in [-0.4, -0.2) is 11.1 Å². The second-order valence-electron chi connectivity index (χ2n) is 5.82. The molecule has 0 saturated heterocycles. The first-order valence-corrected chi connectivity index (χ1v) is 7.83. The van der Waals surface area contributed by atoms with Gasteiger partial charge in [0.25, 0.3) is 5.91 Å². The number of nitrogen functional groups attached to an aromatic ring is 1. The number of aryl methyl sites for hydroxylation is 1. The van der Waals surface area contributed by atoms with Crippen LogP contribution in [0.3, 0.4) is 0 Å². The molecule has 1 aliphatic rings. The summed E-state index contributed by atoms with van der Waals surface area (Å²) in [6.45, 7) is 1.81. The van der Waals surface area contributed by atoms with Crippen molar-refractivity contribution in [3.05, 3.63) is 71.5 Å². The largest absolute Gasteiger partial charge is 0.399 e. The van der Waals surface area contributed by atoms with Crippen LogP contribution >= 0.6 is 0 Å². The zero-order valence-electron chi connectivity index (χ0n) is 13.5. The van der Waals surface area contributed by atoms with Crippen molar-refractivity contribution in [3.8, 4) is 0 Å². The molecular formula is C19H16N4O2. The second kappa shape index (κ2) is 5.83. The third kappa shape index (κ3) is 2.74. The molecule has 2 aromatic carbocycles. The van der Waals surface area contributed by atoms with E-state index in [4.69, 9.17) is 10.3 Å². The maximum absolute atomic E-state index is 12.7. The maximum Gasteiger partial charge on any atom is 0.258 e. The number of hydrogen-bond donors (Lipinski definition) is 3. The Balaban J connectivity index is 1.92. The normalized spacial score (nSPS) is 14.8. The Morgan fingerprint density at radius 2 is 1.96 bits per heavy atom. The minimum atomic E-state index is -0.188. The molecule has 2 heterocycles. The fraction of sp³-hybridized carbons (Fsp3) is 0.0526. The molecule has 6 heteroatoms. The molecule has 0 fully saturated rings. The lowest BCUT2D eigenvalue weighted by Crippen LogP contribution is -2.10. The molecule has 4 N–H and O–H groups in total. The van der Waals surface area contributed by atoms with Crippen LogP contribution in [0.15, 0.2) is 59.1 Å². The van der Waals surface area contributed by atoms with E-state index in [-0.39, 0.29) is 5.91 Å². The third-order valence-electron chi connectivity index (χ3n) is 3.98. The fourth-order valence-corrected chi connectivity index (χ4v) is 2.87. The predicted molar refractivity (Wildman–Crippen MR) is 97.6 cm³/mol. The number of anilines is 3. The summed E-state index contributed by atoms with van der Waals surface area (Å²) >= 11 is 0. The van der Waals surface area contributed by atoms with E-state index in [9.17, 15) is 4.79 Å². The highest BCUT2D eigenvalue weighted by Crippen LogP contribution is 2.38. The smallest absolute Gasteiger partial charge is 0.258 e. The first kappa shape index (κ1) is 15.0. The van der Waals surface area contributed by atoms with Crippen molar-refractivity contribution in [2.75, 3.05) is 16.4 Å². The van der Waals surface area contributed by atoms with Gasteiger partial charge in [0.2, 0.25) is 0 Å². The Hall–Kier alpha value is -3.54. The van der Waals surface area contributed by atoms with E-state index >= 15 is 0 Å². The summed E-state index contributed by atoms with van der Waals surface area (Å²) in [5.74, 6) is 1.03. The van der Waals surface area contributed by atoms with Gasteiger partial charge in [-0.3, -0.25) is 4.79 Å². The number of benzene rings is 2. The molecule has 1 aliphatic heterocycles. The molecule has 3 aromatic rings. The van der Waals surface area contributed by atoms with Gasteiger partial charge in [-0.25, -0.2) is 0 Å². The van der Waals surface area contributed by atoms with E-state index in [1.165, 1.54) is 0 Å². The van der Waals surface area contributed by atoms with E-state index in [1.807, 2.05) is 37.3 Å². The minimum Gasteiger partial charge on any atom is -0.399 e. The Morgan fingerprint density at radius 3 is 2.68 bits per heavy atom. The second-order valence-corrected chi connectivity index (χ2v) is 5.82. The van der Waals surface area contributed by atoms with E-state index in [2.05, 4.69) is 15.8 Å². The molecule has 4 rings (SSSR count). The summed E-state index contributed by atoms with van der Waals surface area (Å²) in [5, 5.41) is 10.1. The molecular weight excluding hydrogens is 316 g/mol. The van der Waals surface area contributed by atoms with Crippen molar-refractivity contribution in [2.24, 2.45) is 0 Å². The van der Waals surface area contributed by atoms with Crippen LogP contribution in [0, 0.1) is 6.92 Å². The molecule has 6 nitrogen and oxygen atoms in total. The number of rotatable bonds is 3. The SMILES string of the molecule is Cc1cc(N/C(=C2\C(=O)Nc3ccc(N)cc32)c2ccccc2)no1. The van der Waals surface area contributed by atoms with Gasteiger partial charge in [0.1, 0.15) is 5.76 Å². The number of nitrogens with one attached hydrogen (secondary N) is 2. The summed E-state index contributed by atoms with van der Waals surface area (Å²) in [6, 6.07) is 16.7. The summed E-state index contributed by atoms with van der Waals surface area (Å²) in [4.78, 5) is 12.7. The molecule has 0 saturated carbocycles. The molecule has 0 bridgehead atoms. The highest BCUT2D eigenvalue weighted by Gasteiger charge is 2.28. The van der Waals surface area contributed by atoms with Crippen molar-refractivity contribution >= 4 is 34.4 Å². The fourth-order valence-electron chi connectivity index (χ4n) is 2.87. The molecule has 25 heavy (non-hydrogen) atoms. The number of nitrogens with zero attached hydrogens (tertiary/aromatic N) is 1. The number of nitrogens with two attached hydrogens (primary N) is 1. The number of amides is 1. The average Bonchev–Trinajstić information content (AvgIpc) is 3.16. The number of carbonyl (C=O) groups excluding carboxylic acids is 1. The molecule has 1 aromatic heterocycles. The molecule has 1 amide bonds. The van der Waals surface area contributed by atoms with Crippen molar-refractivity contribution in [1.82, 2.24) is 5.16 Å².